The van der Waals surface area contributed by atoms with E-state index in [2.05, 4.69) is 0 Å². The molecule has 0 unspecified atom stereocenters. The van der Waals surface area contributed by atoms with Crippen LogP contribution in [-0.2, 0) is 20.9 Å². The predicted octanol–water partition coefficient (Wildman–Crippen LogP) is 0.395. The number of carbonyl (C=O) groups is 2. The molecule has 2 saturated heterocycles. The van der Waals surface area contributed by atoms with E-state index in [-0.39, 0.29) is 43.5 Å². The number of hydrogen-bond donors (Lipinski definition) is 1. The Morgan fingerprint density at radius 3 is 2.70 bits per heavy atom. The molecule has 2 aliphatic rings. The summed E-state index contributed by atoms with van der Waals surface area (Å²) in [6, 6.07) is 9.18. The number of likely N-dealkylation sites (tertiary alicyclic amines) is 1. The van der Waals surface area contributed by atoms with Crippen LogP contribution < -0.4 is 5.73 Å². The highest BCUT2D eigenvalue weighted by atomic mass is 35.5. The average molecular weight is 340 g/mol. The monoisotopic (exact) mass is 339 g/mol. The van der Waals surface area contributed by atoms with E-state index in [0.29, 0.717) is 19.6 Å². The molecule has 6 nitrogen and oxygen atoms in total. The first-order chi connectivity index (χ1) is 10.6. The van der Waals surface area contributed by atoms with Gasteiger partial charge in [-0.05, 0) is 12.0 Å². The molecule has 0 aliphatic carbocycles. The van der Waals surface area contributed by atoms with E-state index in [1.165, 1.54) is 0 Å². The van der Waals surface area contributed by atoms with Crippen LogP contribution in [0.1, 0.15) is 12.0 Å². The van der Waals surface area contributed by atoms with Gasteiger partial charge in [0.1, 0.15) is 12.6 Å². The Bertz CT molecular complexity index is 555. The molecule has 0 spiro atoms. The number of benzene rings is 1. The molecule has 2 amide bonds. The van der Waals surface area contributed by atoms with Crippen LogP contribution in [0.3, 0.4) is 0 Å². The van der Waals surface area contributed by atoms with Gasteiger partial charge in [0.2, 0.25) is 11.8 Å². The molecule has 2 fully saturated rings. The minimum Gasteiger partial charge on any atom is -0.369 e. The highest BCUT2D eigenvalue weighted by Crippen LogP contribution is 2.18. The first-order valence-corrected chi connectivity index (χ1v) is 7.60. The van der Waals surface area contributed by atoms with Gasteiger partial charge < -0.3 is 20.3 Å². The van der Waals surface area contributed by atoms with Gasteiger partial charge in [0.15, 0.2) is 0 Å². The number of ether oxygens (including phenoxy) is 1. The van der Waals surface area contributed by atoms with Crippen molar-refractivity contribution in [2.24, 2.45) is 5.73 Å². The minimum absolute atomic E-state index is 0. The lowest BCUT2D eigenvalue weighted by molar-refractivity contribution is -0.159. The smallest absolute Gasteiger partial charge is 0.249 e. The van der Waals surface area contributed by atoms with Gasteiger partial charge in [-0.3, -0.25) is 9.59 Å². The van der Waals surface area contributed by atoms with E-state index in [4.69, 9.17) is 10.5 Å². The largest absolute Gasteiger partial charge is 0.369 e. The first-order valence-electron chi connectivity index (χ1n) is 7.60. The number of halogens is 1. The molecule has 2 atom stereocenters. The fourth-order valence-electron chi connectivity index (χ4n) is 2.99. The molecule has 7 heteroatoms. The summed E-state index contributed by atoms with van der Waals surface area (Å²) in [5, 5.41) is 0. The summed E-state index contributed by atoms with van der Waals surface area (Å²) >= 11 is 0. The van der Waals surface area contributed by atoms with Gasteiger partial charge in [-0.25, -0.2) is 0 Å². The average Bonchev–Trinajstić information content (AvgIpc) is 2.96. The second-order valence-corrected chi connectivity index (χ2v) is 5.87. The van der Waals surface area contributed by atoms with E-state index in [1.807, 2.05) is 30.3 Å². The van der Waals surface area contributed by atoms with Crippen LogP contribution >= 0.6 is 12.4 Å². The van der Waals surface area contributed by atoms with Crippen molar-refractivity contribution in [3.8, 4) is 0 Å². The van der Waals surface area contributed by atoms with Crippen LogP contribution in [0, 0.1) is 0 Å². The summed E-state index contributed by atoms with van der Waals surface area (Å²) in [6.45, 7) is 1.94. The third kappa shape index (κ3) is 4.02. The van der Waals surface area contributed by atoms with Crippen LogP contribution in [0.4, 0.5) is 0 Å². The normalized spacial score (nSPS) is 24.5. The summed E-state index contributed by atoms with van der Waals surface area (Å²) in [5.41, 5.74) is 6.88. The number of morpholine rings is 1. The molecule has 1 aromatic rings. The third-order valence-electron chi connectivity index (χ3n) is 4.22. The number of nitrogens with zero attached hydrogens (tertiary/aromatic N) is 2. The van der Waals surface area contributed by atoms with Crippen molar-refractivity contribution in [1.82, 2.24) is 9.80 Å². The molecular formula is C16H22ClN3O3. The van der Waals surface area contributed by atoms with Crippen LogP contribution in [0.2, 0.25) is 0 Å². The summed E-state index contributed by atoms with van der Waals surface area (Å²) in [4.78, 5) is 28.3. The van der Waals surface area contributed by atoms with E-state index in [1.54, 1.807) is 9.80 Å². The molecule has 0 aromatic heterocycles. The third-order valence-corrected chi connectivity index (χ3v) is 4.22. The van der Waals surface area contributed by atoms with Crippen molar-refractivity contribution in [3.05, 3.63) is 35.9 Å². The van der Waals surface area contributed by atoms with Gasteiger partial charge >= 0.3 is 0 Å². The number of nitrogens with two attached hydrogens (primary N) is 1. The van der Waals surface area contributed by atoms with Crippen molar-refractivity contribution in [2.45, 2.75) is 25.0 Å². The van der Waals surface area contributed by atoms with E-state index >= 15 is 0 Å². The molecule has 2 aliphatic heterocycles. The lowest BCUT2D eigenvalue weighted by atomic mass is 10.1. The molecule has 126 valence electrons. The maximum Gasteiger partial charge on any atom is 0.249 e. The molecule has 0 saturated carbocycles. The lowest BCUT2D eigenvalue weighted by Gasteiger charge is -2.36. The van der Waals surface area contributed by atoms with Crippen LogP contribution in [0.15, 0.2) is 30.3 Å². The van der Waals surface area contributed by atoms with Crippen LogP contribution in [-0.4, -0.2) is 60.0 Å². The predicted molar refractivity (Wildman–Crippen MR) is 88.0 cm³/mol. The van der Waals surface area contributed by atoms with Crippen molar-refractivity contribution in [3.63, 3.8) is 0 Å². The van der Waals surface area contributed by atoms with Crippen molar-refractivity contribution >= 4 is 24.2 Å². The van der Waals surface area contributed by atoms with Crippen LogP contribution in [0.25, 0.3) is 0 Å². The summed E-state index contributed by atoms with van der Waals surface area (Å²) in [6.07, 6.45) is 0.811. The number of carbonyl (C=O) groups excluding carboxylic acids is 2. The summed E-state index contributed by atoms with van der Waals surface area (Å²) in [5.74, 6) is -0.200. The Morgan fingerprint density at radius 1 is 1.30 bits per heavy atom. The van der Waals surface area contributed by atoms with Gasteiger partial charge in [0, 0.05) is 25.7 Å². The zero-order valence-electron chi connectivity index (χ0n) is 12.9. The van der Waals surface area contributed by atoms with E-state index < -0.39 is 6.04 Å². The van der Waals surface area contributed by atoms with Gasteiger partial charge in [0.05, 0.1) is 6.61 Å². The van der Waals surface area contributed by atoms with Crippen molar-refractivity contribution in [1.29, 1.82) is 0 Å². The quantitative estimate of drug-likeness (QED) is 0.864. The highest BCUT2D eigenvalue weighted by Gasteiger charge is 2.38. The maximum absolute atomic E-state index is 12.7. The second kappa shape index (κ2) is 7.77. The van der Waals surface area contributed by atoms with E-state index in [9.17, 15) is 9.59 Å². The Hall–Kier alpha value is -1.63. The Balaban J connectivity index is 0.00000192. The second-order valence-electron chi connectivity index (χ2n) is 5.87. The van der Waals surface area contributed by atoms with Gasteiger partial charge in [-0.15, -0.1) is 12.4 Å². The number of rotatable bonds is 3. The standard InChI is InChI=1S/C16H21N3O3.ClH/c17-13-6-7-18(9-13)16(21)14-10-22-11-15(20)19(14)8-12-4-2-1-3-5-12;/h1-5,13-14H,6-11,17H2;1H/t13-,14-;/m1./s1. The Morgan fingerprint density at radius 2 is 2.04 bits per heavy atom. The Labute approximate surface area is 142 Å². The molecule has 0 radical (unpaired) electrons. The van der Waals surface area contributed by atoms with Crippen LogP contribution in [0.5, 0.6) is 0 Å². The SMILES string of the molecule is Cl.N[C@@H]1CCN(C(=O)[C@H]2COCC(=O)N2Cc2ccccc2)C1. The van der Waals surface area contributed by atoms with Crippen molar-refractivity contribution in [2.75, 3.05) is 26.3 Å². The fourth-order valence-corrected chi connectivity index (χ4v) is 2.99. The lowest BCUT2D eigenvalue weighted by Crippen LogP contribution is -2.56. The minimum atomic E-state index is -0.549. The highest BCUT2D eigenvalue weighted by molar-refractivity contribution is 5.89. The molecule has 1 aromatic carbocycles. The maximum atomic E-state index is 12.7. The molecule has 0 bridgehead atoms. The topological polar surface area (TPSA) is 75.9 Å². The first kappa shape index (κ1) is 17.7. The fraction of sp³-hybridized carbons (Fsp3) is 0.500. The van der Waals surface area contributed by atoms with Gasteiger partial charge in [0.25, 0.3) is 0 Å². The summed E-state index contributed by atoms with van der Waals surface area (Å²) in [7, 11) is 0. The molecule has 2 heterocycles. The molecule has 3 rings (SSSR count). The number of amides is 2. The Kier molecular flexibility index (Phi) is 5.98. The van der Waals surface area contributed by atoms with Crippen molar-refractivity contribution < 1.29 is 14.3 Å². The van der Waals surface area contributed by atoms with Gasteiger partial charge in [-0.1, -0.05) is 30.3 Å². The molecular weight excluding hydrogens is 318 g/mol. The zero-order chi connectivity index (χ0) is 15.5. The zero-order valence-corrected chi connectivity index (χ0v) is 13.7. The molecule has 2 N–H and O–H groups in total. The molecule has 23 heavy (non-hydrogen) atoms. The number of hydrogen-bond acceptors (Lipinski definition) is 4. The summed E-state index contributed by atoms with van der Waals surface area (Å²) < 4.78 is 5.30. The van der Waals surface area contributed by atoms with Gasteiger partial charge in [-0.2, -0.15) is 0 Å². The van der Waals surface area contributed by atoms with E-state index in [0.717, 1.165) is 12.0 Å².